The van der Waals surface area contributed by atoms with E-state index in [2.05, 4.69) is 21.6 Å². The van der Waals surface area contributed by atoms with Gasteiger partial charge in [0.2, 0.25) is 5.13 Å². The van der Waals surface area contributed by atoms with Crippen LogP contribution in [0.4, 0.5) is 5.13 Å². The summed E-state index contributed by atoms with van der Waals surface area (Å²) >= 11 is 1.51. The van der Waals surface area contributed by atoms with Gasteiger partial charge in [-0.2, -0.15) is 10.4 Å². The summed E-state index contributed by atoms with van der Waals surface area (Å²) in [5, 5.41) is 15.9. The van der Waals surface area contributed by atoms with Gasteiger partial charge in [0.25, 0.3) is 0 Å². The number of nitrogens with one attached hydrogen (secondary N) is 1. The number of ether oxygens (including phenoxy) is 1. The molecule has 0 fully saturated rings. The highest BCUT2D eigenvalue weighted by Gasteiger charge is 1.99. The third-order valence-electron chi connectivity index (χ3n) is 3.31. The summed E-state index contributed by atoms with van der Waals surface area (Å²) in [7, 11) is 0. The van der Waals surface area contributed by atoms with E-state index in [1.54, 1.807) is 12.3 Å². The molecule has 1 aromatic heterocycles. The molecule has 0 amide bonds. The van der Waals surface area contributed by atoms with Crippen molar-refractivity contribution in [2.75, 3.05) is 5.43 Å². The molecule has 0 aliphatic carbocycles. The largest absolute Gasteiger partial charge is 0.489 e. The average molecular weight is 348 g/mol. The minimum Gasteiger partial charge on any atom is -0.489 e. The van der Waals surface area contributed by atoms with Crippen LogP contribution < -0.4 is 10.2 Å². The molecule has 5 nitrogen and oxygen atoms in total. The molecule has 6 heteroatoms. The van der Waals surface area contributed by atoms with Crippen molar-refractivity contribution in [1.82, 2.24) is 4.98 Å². The lowest BCUT2D eigenvalue weighted by Crippen LogP contribution is -1.96. The summed E-state index contributed by atoms with van der Waals surface area (Å²) in [6.07, 6.45) is 1.72. The summed E-state index contributed by atoms with van der Waals surface area (Å²) in [6, 6.07) is 17.2. The smallest absolute Gasteiger partial charge is 0.203 e. The van der Waals surface area contributed by atoms with Gasteiger partial charge in [0.05, 0.1) is 23.5 Å². The van der Waals surface area contributed by atoms with Crippen molar-refractivity contribution in [3.63, 3.8) is 0 Å². The van der Waals surface area contributed by atoms with Gasteiger partial charge in [-0.05, 0) is 42.3 Å². The fourth-order valence-corrected chi connectivity index (χ4v) is 2.79. The molecule has 0 saturated carbocycles. The summed E-state index contributed by atoms with van der Waals surface area (Å²) in [5.74, 6) is 0.747. The molecule has 3 aromatic rings. The Morgan fingerprint density at radius 2 is 2.16 bits per heavy atom. The van der Waals surface area contributed by atoms with Crippen LogP contribution in [0.2, 0.25) is 0 Å². The molecule has 0 bridgehead atoms. The number of thiazole rings is 1. The van der Waals surface area contributed by atoms with Crippen molar-refractivity contribution in [1.29, 1.82) is 5.26 Å². The van der Waals surface area contributed by atoms with Crippen LogP contribution in [0.3, 0.4) is 0 Å². The maximum Gasteiger partial charge on any atom is 0.203 e. The standard InChI is InChI=1S/C19H16N4OS/c1-14-13-25-19(22-14)23-21-11-16-5-3-7-18(9-16)24-12-17-6-2-4-15(8-17)10-20/h2-9,11,13H,12H2,1H3,(H,22,23). The quantitative estimate of drug-likeness (QED) is 0.531. The Labute approximate surface area is 150 Å². The first kappa shape index (κ1) is 16.7. The molecule has 1 heterocycles. The lowest BCUT2D eigenvalue weighted by atomic mass is 10.1. The van der Waals surface area contributed by atoms with E-state index in [1.807, 2.05) is 54.8 Å². The van der Waals surface area contributed by atoms with Crippen LogP contribution in [0, 0.1) is 18.3 Å². The number of aryl methyl sites for hydroxylation is 1. The zero-order valence-corrected chi connectivity index (χ0v) is 14.5. The monoisotopic (exact) mass is 348 g/mol. The average Bonchev–Trinajstić information content (AvgIpc) is 3.06. The van der Waals surface area contributed by atoms with Crippen molar-refractivity contribution in [2.45, 2.75) is 13.5 Å². The predicted octanol–water partition coefficient (Wildman–Crippen LogP) is 4.35. The first-order valence-electron chi connectivity index (χ1n) is 7.66. The third kappa shape index (κ3) is 4.90. The molecular formula is C19H16N4OS. The number of hydrogen-bond donors (Lipinski definition) is 1. The minimum absolute atomic E-state index is 0.409. The van der Waals surface area contributed by atoms with Crippen molar-refractivity contribution in [3.05, 3.63) is 76.3 Å². The third-order valence-corrected chi connectivity index (χ3v) is 4.18. The summed E-state index contributed by atoms with van der Waals surface area (Å²) in [6.45, 7) is 2.35. The second kappa shape index (κ2) is 8.08. The van der Waals surface area contributed by atoms with Crippen LogP contribution in [0.5, 0.6) is 5.75 Å². The van der Waals surface area contributed by atoms with Gasteiger partial charge in [-0.1, -0.05) is 24.3 Å². The van der Waals surface area contributed by atoms with Gasteiger partial charge in [-0.25, -0.2) is 4.98 Å². The Hall–Kier alpha value is -3.17. The van der Waals surface area contributed by atoms with E-state index < -0.39 is 0 Å². The van der Waals surface area contributed by atoms with Crippen molar-refractivity contribution in [2.24, 2.45) is 5.10 Å². The van der Waals surface area contributed by atoms with E-state index in [4.69, 9.17) is 10.00 Å². The van der Waals surface area contributed by atoms with Gasteiger partial charge in [0, 0.05) is 5.38 Å². The Bertz CT molecular complexity index is 927. The Morgan fingerprint density at radius 1 is 1.28 bits per heavy atom. The number of hydrazone groups is 1. The SMILES string of the molecule is Cc1csc(NN=Cc2cccc(OCc3cccc(C#N)c3)c2)n1. The lowest BCUT2D eigenvalue weighted by Gasteiger charge is -2.07. The molecule has 0 saturated heterocycles. The predicted molar refractivity (Wildman–Crippen MR) is 100.0 cm³/mol. The first-order valence-corrected chi connectivity index (χ1v) is 8.54. The van der Waals surface area contributed by atoms with Crippen LogP contribution in [-0.2, 0) is 6.61 Å². The topological polar surface area (TPSA) is 70.3 Å². The fraction of sp³-hybridized carbons (Fsp3) is 0.105. The number of benzene rings is 2. The molecule has 25 heavy (non-hydrogen) atoms. The van der Waals surface area contributed by atoms with E-state index in [0.29, 0.717) is 12.2 Å². The van der Waals surface area contributed by atoms with Gasteiger partial charge in [-0.15, -0.1) is 11.3 Å². The van der Waals surface area contributed by atoms with Crippen molar-refractivity contribution < 1.29 is 4.74 Å². The lowest BCUT2D eigenvalue weighted by molar-refractivity contribution is 0.306. The number of anilines is 1. The van der Waals surface area contributed by atoms with Gasteiger partial charge in [0.15, 0.2) is 0 Å². The van der Waals surface area contributed by atoms with Crippen molar-refractivity contribution in [3.8, 4) is 11.8 Å². The molecule has 1 N–H and O–H groups in total. The van der Waals surface area contributed by atoms with Crippen LogP contribution >= 0.6 is 11.3 Å². The highest BCUT2D eigenvalue weighted by Crippen LogP contribution is 2.16. The number of nitrogens with zero attached hydrogens (tertiary/aromatic N) is 3. The van der Waals surface area contributed by atoms with Crippen LogP contribution in [0.15, 0.2) is 59.0 Å². The summed E-state index contributed by atoms with van der Waals surface area (Å²) in [5.41, 5.74) is 6.39. The van der Waals surface area contributed by atoms with E-state index >= 15 is 0 Å². The van der Waals surface area contributed by atoms with Crippen LogP contribution in [0.25, 0.3) is 0 Å². The Kier molecular flexibility index (Phi) is 5.39. The van der Waals surface area contributed by atoms with E-state index in [9.17, 15) is 0 Å². The van der Waals surface area contributed by atoms with E-state index in [-0.39, 0.29) is 0 Å². The van der Waals surface area contributed by atoms with Crippen LogP contribution in [-0.4, -0.2) is 11.2 Å². The highest BCUT2D eigenvalue weighted by molar-refractivity contribution is 7.13. The molecule has 124 valence electrons. The molecule has 0 unspecified atom stereocenters. The minimum atomic E-state index is 0.409. The van der Waals surface area contributed by atoms with Gasteiger partial charge >= 0.3 is 0 Å². The van der Waals surface area contributed by atoms with E-state index in [1.165, 1.54) is 11.3 Å². The van der Waals surface area contributed by atoms with E-state index in [0.717, 1.165) is 27.7 Å². The molecule has 3 rings (SSSR count). The number of rotatable bonds is 6. The number of aromatic nitrogens is 1. The highest BCUT2D eigenvalue weighted by atomic mass is 32.1. The Balaban J connectivity index is 1.60. The van der Waals surface area contributed by atoms with Gasteiger partial charge in [0.1, 0.15) is 12.4 Å². The zero-order valence-electron chi connectivity index (χ0n) is 13.6. The first-order chi connectivity index (χ1) is 12.2. The molecule has 2 aromatic carbocycles. The second-order valence-corrected chi connectivity index (χ2v) is 6.20. The second-order valence-electron chi connectivity index (χ2n) is 5.34. The number of nitriles is 1. The normalized spacial score (nSPS) is 10.6. The van der Waals surface area contributed by atoms with Gasteiger partial charge in [-0.3, -0.25) is 5.43 Å². The molecule has 0 radical (unpaired) electrons. The summed E-state index contributed by atoms with van der Waals surface area (Å²) < 4.78 is 5.80. The maximum absolute atomic E-state index is 8.93. The fourth-order valence-electron chi connectivity index (χ4n) is 2.15. The zero-order chi connectivity index (χ0) is 17.5. The molecule has 0 atom stereocenters. The molecule has 0 aliphatic heterocycles. The number of hydrogen-bond acceptors (Lipinski definition) is 6. The van der Waals surface area contributed by atoms with Gasteiger partial charge < -0.3 is 4.74 Å². The van der Waals surface area contributed by atoms with Crippen LogP contribution in [0.1, 0.15) is 22.4 Å². The molecule has 0 spiro atoms. The van der Waals surface area contributed by atoms with Crippen molar-refractivity contribution >= 4 is 22.7 Å². The molecular weight excluding hydrogens is 332 g/mol. The Morgan fingerprint density at radius 3 is 2.96 bits per heavy atom. The summed E-state index contributed by atoms with van der Waals surface area (Å²) in [4.78, 5) is 4.28. The maximum atomic E-state index is 8.93. The molecule has 0 aliphatic rings.